The minimum atomic E-state index is -0.861. The summed E-state index contributed by atoms with van der Waals surface area (Å²) < 4.78 is 4.84. The molecule has 18 heavy (non-hydrogen) atoms. The highest BCUT2D eigenvalue weighted by molar-refractivity contribution is 5.81. The van der Waals surface area contributed by atoms with Crippen molar-refractivity contribution in [2.45, 2.75) is 26.7 Å². The predicted octanol–water partition coefficient (Wildman–Crippen LogP) is 3.53. The average Bonchev–Trinajstić information content (AvgIpc) is 2.42. The molecule has 0 saturated carbocycles. The third-order valence-electron chi connectivity index (χ3n) is 2.13. The van der Waals surface area contributed by atoms with Crippen LogP contribution in [0.15, 0.2) is 30.8 Å². The van der Waals surface area contributed by atoms with E-state index >= 15 is 0 Å². The van der Waals surface area contributed by atoms with E-state index in [9.17, 15) is 4.79 Å². The van der Waals surface area contributed by atoms with Gasteiger partial charge in [-0.1, -0.05) is 44.7 Å². The molecule has 0 radical (unpaired) electrons. The number of ether oxygens (including phenoxy) is 1. The van der Waals surface area contributed by atoms with Crippen LogP contribution in [0.3, 0.4) is 0 Å². The van der Waals surface area contributed by atoms with Crippen molar-refractivity contribution in [3.8, 4) is 6.07 Å². The molecule has 0 saturated heterocycles. The van der Waals surface area contributed by atoms with E-state index in [4.69, 9.17) is 10.00 Å². The molecule has 0 aliphatic rings. The third-order valence-corrected chi connectivity index (χ3v) is 2.13. The Kier molecular flexibility index (Phi) is 7.96. The number of rotatable bonds is 4. The monoisotopic (exact) mass is 245 g/mol. The van der Waals surface area contributed by atoms with Gasteiger partial charge in [-0.15, -0.1) is 0 Å². The highest BCUT2D eigenvalue weighted by atomic mass is 16.5. The Morgan fingerprint density at radius 1 is 1.56 bits per heavy atom. The molecule has 0 fully saturated rings. The lowest BCUT2D eigenvalue weighted by atomic mass is 9.99. The SMILES string of the molecule is C=Cc1cccc(C(C#N)C(=O)OCC)c1.CC. The Hall–Kier alpha value is -2.08. The molecular weight excluding hydrogens is 226 g/mol. The maximum Gasteiger partial charge on any atom is 0.327 e. The summed E-state index contributed by atoms with van der Waals surface area (Å²) in [4.78, 5) is 11.5. The molecule has 0 amide bonds. The largest absolute Gasteiger partial charge is 0.465 e. The summed E-state index contributed by atoms with van der Waals surface area (Å²) >= 11 is 0. The van der Waals surface area contributed by atoms with Gasteiger partial charge in [-0.2, -0.15) is 5.26 Å². The molecule has 1 unspecified atom stereocenters. The van der Waals surface area contributed by atoms with Gasteiger partial charge in [0.15, 0.2) is 5.92 Å². The molecule has 0 aliphatic carbocycles. The second-order valence-corrected chi connectivity index (χ2v) is 3.19. The van der Waals surface area contributed by atoms with Crippen molar-refractivity contribution in [2.24, 2.45) is 0 Å². The Morgan fingerprint density at radius 2 is 2.22 bits per heavy atom. The van der Waals surface area contributed by atoms with E-state index in [1.54, 1.807) is 31.2 Å². The standard InChI is InChI=1S/C13H13NO2.C2H6/c1-3-10-6-5-7-11(8-10)12(9-14)13(15)16-4-2;1-2/h3,5-8,12H,1,4H2,2H3;1-2H3. The molecule has 3 nitrogen and oxygen atoms in total. The molecule has 0 heterocycles. The van der Waals surface area contributed by atoms with Crippen LogP contribution in [-0.4, -0.2) is 12.6 Å². The number of hydrogen-bond acceptors (Lipinski definition) is 3. The molecule has 3 heteroatoms. The number of nitrogens with zero attached hydrogens (tertiary/aromatic N) is 1. The molecule has 0 N–H and O–H groups in total. The number of benzene rings is 1. The second kappa shape index (κ2) is 9.00. The first-order valence-corrected chi connectivity index (χ1v) is 6.01. The first-order valence-electron chi connectivity index (χ1n) is 6.01. The minimum absolute atomic E-state index is 0.276. The summed E-state index contributed by atoms with van der Waals surface area (Å²) in [5, 5.41) is 8.96. The van der Waals surface area contributed by atoms with E-state index < -0.39 is 11.9 Å². The van der Waals surface area contributed by atoms with Crippen LogP contribution in [0.4, 0.5) is 0 Å². The molecule has 96 valence electrons. The maximum absolute atomic E-state index is 11.5. The van der Waals surface area contributed by atoms with E-state index in [-0.39, 0.29) is 6.61 Å². The van der Waals surface area contributed by atoms with Crippen molar-refractivity contribution in [3.63, 3.8) is 0 Å². The zero-order valence-corrected chi connectivity index (χ0v) is 11.1. The second-order valence-electron chi connectivity index (χ2n) is 3.19. The van der Waals surface area contributed by atoms with E-state index in [2.05, 4.69) is 6.58 Å². The first-order chi connectivity index (χ1) is 8.72. The summed E-state index contributed by atoms with van der Waals surface area (Å²) in [6, 6.07) is 9.09. The number of carbonyl (C=O) groups is 1. The van der Waals surface area contributed by atoms with Gasteiger partial charge in [0.2, 0.25) is 0 Å². The van der Waals surface area contributed by atoms with Gasteiger partial charge in [-0.25, -0.2) is 0 Å². The summed E-state index contributed by atoms with van der Waals surface area (Å²) in [5.41, 5.74) is 1.51. The third kappa shape index (κ3) is 4.42. The predicted molar refractivity (Wildman–Crippen MR) is 72.9 cm³/mol. The lowest BCUT2D eigenvalue weighted by Crippen LogP contribution is -2.14. The van der Waals surface area contributed by atoms with Crippen molar-refractivity contribution in [2.75, 3.05) is 6.61 Å². The molecule has 1 aromatic carbocycles. The van der Waals surface area contributed by atoms with Crippen LogP contribution in [0.1, 0.15) is 37.8 Å². The maximum atomic E-state index is 11.5. The van der Waals surface area contributed by atoms with Crippen LogP contribution in [0, 0.1) is 11.3 Å². The zero-order chi connectivity index (χ0) is 14.0. The minimum Gasteiger partial charge on any atom is -0.465 e. The van der Waals surface area contributed by atoms with E-state index in [1.807, 2.05) is 26.0 Å². The number of esters is 1. The number of hydrogen-bond donors (Lipinski definition) is 0. The molecule has 0 spiro atoms. The van der Waals surface area contributed by atoms with Gasteiger partial charge in [0.1, 0.15) is 0 Å². The summed E-state index contributed by atoms with van der Waals surface area (Å²) in [6.45, 7) is 9.63. The molecule has 0 aromatic heterocycles. The van der Waals surface area contributed by atoms with Gasteiger partial charge >= 0.3 is 5.97 Å². The Balaban J connectivity index is 0.00000137. The lowest BCUT2D eigenvalue weighted by Gasteiger charge is -2.08. The normalized spacial score (nSPS) is 10.3. The molecule has 1 rings (SSSR count). The molecule has 1 atom stereocenters. The highest BCUT2D eigenvalue weighted by Crippen LogP contribution is 2.18. The number of carbonyl (C=O) groups excluding carboxylic acids is 1. The Bertz CT molecular complexity index is 432. The molecular formula is C15H19NO2. The van der Waals surface area contributed by atoms with E-state index in [1.165, 1.54) is 0 Å². The van der Waals surface area contributed by atoms with Crippen LogP contribution >= 0.6 is 0 Å². The topological polar surface area (TPSA) is 50.1 Å². The van der Waals surface area contributed by atoms with Crippen LogP contribution in [0.5, 0.6) is 0 Å². The van der Waals surface area contributed by atoms with Gasteiger partial charge in [0, 0.05) is 0 Å². The van der Waals surface area contributed by atoms with Gasteiger partial charge < -0.3 is 4.74 Å². The van der Waals surface area contributed by atoms with Crippen molar-refractivity contribution in [3.05, 3.63) is 42.0 Å². The lowest BCUT2D eigenvalue weighted by molar-refractivity contribution is -0.143. The average molecular weight is 245 g/mol. The molecule has 0 aliphatic heterocycles. The van der Waals surface area contributed by atoms with Gasteiger partial charge in [0.05, 0.1) is 12.7 Å². The van der Waals surface area contributed by atoms with Gasteiger partial charge in [0.25, 0.3) is 0 Å². The van der Waals surface area contributed by atoms with Crippen LogP contribution in [0.25, 0.3) is 6.08 Å². The van der Waals surface area contributed by atoms with Crippen LogP contribution < -0.4 is 0 Å². The fourth-order valence-corrected chi connectivity index (χ4v) is 1.35. The number of nitriles is 1. The summed E-state index contributed by atoms with van der Waals surface area (Å²) in [6.07, 6.45) is 1.67. The Labute approximate surface area is 109 Å². The van der Waals surface area contributed by atoms with Crippen molar-refractivity contribution < 1.29 is 9.53 Å². The fourth-order valence-electron chi connectivity index (χ4n) is 1.35. The fraction of sp³-hybridized carbons (Fsp3) is 0.333. The van der Waals surface area contributed by atoms with Gasteiger partial charge in [-0.05, 0) is 24.1 Å². The Morgan fingerprint density at radius 3 is 2.72 bits per heavy atom. The van der Waals surface area contributed by atoms with Crippen molar-refractivity contribution in [1.29, 1.82) is 5.26 Å². The van der Waals surface area contributed by atoms with E-state index in [0.29, 0.717) is 5.56 Å². The molecule has 0 bridgehead atoms. The molecule has 1 aromatic rings. The van der Waals surface area contributed by atoms with Crippen LogP contribution in [-0.2, 0) is 9.53 Å². The zero-order valence-electron chi connectivity index (χ0n) is 11.1. The summed E-state index contributed by atoms with van der Waals surface area (Å²) in [7, 11) is 0. The van der Waals surface area contributed by atoms with Crippen LogP contribution in [0.2, 0.25) is 0 Å². The van der Waals surface area contributed by atoms with Gasteiger partial charge in [-0.3, -0.25) is 4.79 Å². The summed E-state index contributed by atoms with van der Waals surface area (Å²) in [5.74, 6) is -1.37. The highest BCUT2D eigenvalue weighted by Gasteiger charge is 2.21. The smallest absolute Gasteiger partial charge is 0.327 e. The van der Waals surface area contributed by atoms with Crippen molar-refractivity contribution >= 4 is 12.0 Å². The first kappa shape index (κ1) is 15.9. The quantitative estimate of drug-likeness (QED) is 0.762. The van der Waals surface area contributed by atoms with E-state index in [0.717, 1.165) is 5.56 Å². The van der Waals surface area contributed by atoms with Crippen molar-refractivity contribution in [1.82, 2.24) is 0 Å².